The number of anilines is 1. The van der Waals surface area contributed by atoms with Gasteiger partial charge in [0.1, 0.15) is 0 Å². The zero-order valence-electron chi connectivity index (χ0n) is 14.1. The van der Waals surface area contributed by atoms with Crippen molar-refractivity contribution >= 4 is 17.5 Å². The number of nitrogens with zero attached hydrogens (tertiary/aromatic N) is 3. The second-order valence-corrected chi connectivity index (χ2v) is 6.43. The van der Waals surface area contributed by atoms with E-state index in [1.165, 1.54) is 5.69 Å². The van der Waals surface area contributed by atoms with Crippen LogP contribution in [0.4, 0.5) is 5.69 Å². The lowest BCUT2D eigenvalue weighted by molar-refractivity contribution is -0.138. The van der Waals surface area contributed by atoms with E-state index in [1.807, 2.05) is 6.07 Å². The summed E-state index contributed by atoms with van der Waals surface area (Å²) >= 11 is 0. The maximum absolute atomic E-state index is 12.1. The lowest BCUT2D eigenvalue weighted by Crippen LogP contribution is -2.50. The summed E-state index contributed by atoms with van der Waals surface area (Å²) in [6.45, 7) is 6.52. The minimum Gasteiger partial charge on any atom is -0.369 e. The summed E-state index contributed by atoms with van der Waals surface area (Å²) in [7, 11) is 0. The van der Waals surface area contributed by atoms with Crippen LogP contribution in [0.5, 0.6) is 0 Å². The first kappa shape index (κ1) is 16.8. The van der Waals surface area contributed by atoms with Gasteiger partial charge in [-0.3, -0.25) is 14.5 Å². The molecule has 0 radical (unpaired) electrons. The first-order valence-electron chi connectivity index (χ1n) is 8.79. The number of carbonyl (C=O) groups excluding carboxylic acids is 2. The van der Waals surface area contributed by atoms with Crippen molar-refractivity contribution in [3.8, 4) is 0 Å². The van der Waals surface area contributed by atoms with Gasteiger partial charge < -0.3 is 15.1 Å². The fourth-order valence-electron chi connectivity index (χ4n) is 3.33. The van der Waals surface area contributed by atoms with Crippen molar-refractivity contribution in [2.75, 3.05) is 57.3 Å². The molecule has 130 valence electrons. The van der Waals surface area contributed by atoms with Gasteiger partial charge in [0.25, 0.3) is 0 Å². The Labute approximate surface area is 143 Å². The van der Waals surface area contributed by atoms with Gasteiger partial charge in [0.05, 0.1) is 6.54 Å². The van der Waals surface area contributed by atoms with Gasteiger partial charge in [-0.25, -0.2) is 0 Å². The SMILES string of the molecule is O=C1CN(C(=O)CCCN2CCN(c3ccccc3)CC2)CCN1. The van der Waals surface area contributed by atoms with E-state index in [-0.39, 0.29) is 18.4 Å². The zero-order valence-corrected chi connectivity index (χ0v) is 14.1. The van der Waals surface area contributed by atoms with Crippen molar-refractivity contribution in [3.05, 3.63) is 30.3 Å². The van der Waals surface area contributed by atoms with Crippen LogP contribution in [-0.2, 0) is 9.59 Å². The molecule has 0 spiro atoms. The number of para-hydroxylation sites is 1. The van der Waals surface area contributed by atoms with Gasteiger partial charge in [0, 0.05) is 51.4 Å². The van der Waals surface area contributed by atoms with Gasteiger partial charge in [-0.2, -0.15) is 0 Å². The monoisotopic (exact) mass is 330 g/mol. The Bertz CT molecular complexity index is 555. The molecule has 24 heavy (non-hydrogen) atoms. The molecule has 2 aliphatic heterocycles. The molecule has 1 aromatic carbocycles. The molecule has 0 aromatic heterocycles. The highest BCUT2D eigenvalue weighted by molar-refractivity contribution is 5.85. The molecule has 6 heteroatoms. The topological polar surface area (TPSA) is 55.9 Å². The highest BCUT2D eigenvalue weighted by atomic mass is 16.2. The molecule has 2 heterocycles. The van der Waals surface area contributed by atoms with Crippen molar-refractivity contribution < 1.29 is 9.59 Å². The van der Waals surface area contributed by atoms with Gasteiger partial charge in [0.15, 0.2) is 0 Å². The third-order valence-electron chi connectivity index (χ3n) is 4.75. The first-order valence-corrected chi connectivity index (χ1v) is 8.79. The molecular weight excluding hydrogens is 304 g/mol. The zero-order chi connectivity index (χ0) is 16.8. The fraction of sp³-hybridized carbons (Fsp3) is 0.556. The van der Waals surface area contributed by atoms with Crippen LogP contribution in [0.25, 0.3) is 0 Å². The maximum Gasteiger partial charge on any atom is 0.239 e. The minimum atomic E-state index is -0.0494. The van der Waals surface area contributed by atoms with Gasteiger partial charge in [-0.05, 0) is 25.1 Å². The highest BCUT2D eigenvalue weighted by Gasteiger charge is 2.21. The van der Waals surface area contributed by atoms with Crippen LogP contribution in [0.3, 0.4) is 0 Å². The number of nitrogens with one attached hydrogen (secondary N) is 1. The molecule has 0 atom stereocenters. The van der Waals surface area contributed by atoms with Crippen LogP contribution in [0.1, 0.15) is 12.8 Å². The molecule has 3 rings (SSSR count). The van der Waals surface area contributed by atoms with E-state index in [0.717, 1.165) is 39.1 Å². The predicted octanol–water partition coefficient (Wildman–Crippen LogP) is 0.547. The van der Waals surface area contributed by atoms with Crippen LogP contribution >= 0.6 is 0 Å². The van der Waals surface area contributed by atoms with E-state index < -0.39 is 0 Å². The number of rotatable bonds is 5. The smallest absolute Gasteiger partial charge is 0.239 e. The fourth-order valence-corrected chi connectivity index (χ4v) is 3.33. The summed E-state index contributed by atoms with van der Waals surface area (Å²) in [6, 6.07) is 10.5. The van der Waals surface area contributed by atoms with E-state index >= 15 is 0 Å². The Morgan fingerprint density at radius 1 is 1.04 bits per heavy atom. The van der Waals surface area contributed by atoms with E-state index in [0.29, 0.717) is 19.5 Å². The number of hydrogen-bond acceptors (Lipinski definition) is 4. The van der Waals surface area contributed by atoms with Crippen molar-refractivity contribution in [3.63, 3.8) is 0 Å². The largest absolute Gasteiger partial charge is 0.369 e. The average Bonchev–Trinajstić information content (AvgIpc) is 2.63. The van der Waals surface area contributed by atoms with Crippen molar-refractivity contribution in [1.82, 2.24) is 15.1 Å². The molecule has 0 bridgehead atoms. The van der Waals surface area contributed by atoms with Crippen LogP contribution < -0.4 is 10.2 Å². The second kappa shape index (κ2) is 8.15. The molecular formula is C18H26N4O2. The second-order valence-electron chi connectivity index (χ2n) is 6.43. The highest BCUT2D eigenvalue weighted by Crippen LogP contribution is 2.15. The molecule has 1 aromatic rings. The van der Waals surface area contributed by atoms with Gasteiger partial charge in [0.2, 0.25) is 11.8 Å². The molecule has 0 unspecified atom stereocenters. The molecule has 2 fully saturated rings. The molecule has 2 saturated heterocycles. The van der Waals surface area contributed by atoms with Gasteiger partial charge in [-0.1, -0.05) is 18.2 Å². The molecule has 1 N–H and O–H groups in total. The van der Waals surface area contributed by atoms with E-state index in [4.69, 9.17) is 0 Å². The molecule has 0 saturated carbocycles. The minimum absolute atomic E-state index is 0.0494. The number of hydrogen-bond donors (Lipinski definition) is 1. The Hall–Kier alpha value is -2.08. The van der Waals surface area contributed by atoms with Gasteiger partial charge >= 0.3 is 0 Å². The summed E-state index contributed by atoms with van der Waals surface area (Å²) in [5.74, 6) is 0.0550. The number of benzene rings is 1. The third kappa shape index (κ3) is 4.47. The first-order chi connectivity index (χ1) is 11.7. The average molecular weight is 330 g/mol. The molecule has 6 nitrogen and oxygen atoms in total. The van der Waals surface area contributed by atoms with E-state index in [2.05, 4.69) is 39.4 Å². The Morgan fingerprint density at radius 3 is 2.50 bits per heavy atom. The van der Waals surface area contributed by atoms with E-state index in [1.54, 1.807) is 4.90 Å². The summed E-state index contributed by atoms with van der Waals surface area (Å²) in [4.78, 5) is 30.0. The molecule has 2 amide bonds. The van der Waals surface area contributed by atoms with Crippen LogP contribution in [0.15, 0.2) is 30.3 Å². The number of piperazine rings is 2. The summed E-state index contributed by atoms with van der Waals surface area (Å²) in [5, 5.41) is 2.75. The van der Waals surface area contributed by atoms with Crippen molar-refractivity contribution in [2.24, 2.45) is 0 Å². The van der Waals surface area contributed by atoms with Crippen molar-refractivity contribution in [1.29, 1.82) is 0 Å². The van der Waals surface area contributed by atoms with Crippen molar-refractivity contribution in [2.45, 2.75) is 12.8 Å². The van der Waals surface area contributed by atoms with Crippen LogP contribution in [-0.4, -0.2) is 74.0 Å². The summed E-state index contributed by atoms with van der Waals surface area (Å²) < 4.78 is 0. The molecule has 0 aliphatic carbocycles. The number of amides is 2. The standard InChI is InChI=1S/C18H26N4O2/c23-17-15-22(10-8-19-17)18(24)7-4-9-20-11-13-21(14-12-20)16-5-2-1-3-6-16/h1-3,5-6H,4,7-15H2,(H,19,23). The molecule has 2 aliphatic rings. The summed E-state index contributed by atoms with van der Waals surface area (Å²) in [5.41, 5.74) is 1.29. The van der Waals surface area contributed by atoms with E-state index in [9.17, 15) is 9.59 Å². The third-order valence-corrected chi connectivity index (χ3v) is 4.75. The lowest BCUT2D eigenvalue weighted by atomic mass is 10.2. The Kier molecular flexibility index (Phi) is 5.69. The lowest BCUT2D eigenvalue weighted by Gasteiger charge is -2.36. The van der Waals surface area contributed by atoms with Crippen LogP contribution in [0, 0.1) is 0 Å². The predicted molar refractivity (Wildman–Crippen MR) is 93.9 cm³/mol. The van der Waals surface area contributed by atoms with Crippen LogP contribution in [0.2, 0.25) is 0 Å². The maximum atomic E-state index is 12.1. The number of carbonyl (C=O) groups is 2. The normalized spacial score (nSPS) is 19.2. The summed E-state index contributed by atoms with van der Waals surface area (Å²) in [6.07, 6.45) is 1.40. The Balaban J connectivity index is 1.35. The quantitative estimate of drug-likeness (QED) is 0.857. The Morgan fingerprint density at radius 2 is 1.79 bits per heavy atom. The van der Waals surface area contributed by atoms with Gasteiger partial charge in [-0.15, -0.1) is 0 Å².